The SMILES string of the molecule is CC(Nc1cccc2c1C(=O)c1c(Cl)cccc1C2=O)C1CCCCC1. The third-order valence-corrected chi connectivity index (χ3v) is 6.08. The molecule has 4 rings (SSSR count). The summed E-state index contributed by atoms with van der Waals surface area (Å²) in [7, 11) is 0. The van der Waals surface area contributed by atoms with E-state index in [1.165, 1.54) is 32.1 Å². The third-order valence-electron chi connectivity index (χ3n) is 5.76. The van der Waals surface area contributed by atoms with Crippen LogP contribution in [0.3, 0.4) is 0 Å². The molecule has 1 unspecified atom stereocenters. The van der Waals surface area contributed by atoms with Crippen molar-refractivity contribution >= 4 is 28.9 Å². The molecule has 1 saturated carbocycles. The van der Waals surface area contributed by atoms with Crippen LogP contribution in [0.4, 0.5) is 5.69 Å². The monoisotopic (exact) mass is 367 g/mol. The van der Waals surface area contributed by atoms with E-state index in [2.05, 4.69) is 12.2 Å². The topological polar surface area (TPSA) is 46.2 Å². The molecule has 2 aromatic carbocycles. The van der Waals surface area contributed by atoms with E-state index in [1.54, 1.807) is 24.3 Å². The zero-order valence-electron chi connectivity index (χ0n) is 14.8. The maximum atomic E-state index is 13.2. The van der Waals surface area contributed by atoms with E-state index in [0.29, 0.717) is 33.2 Å². The van der Waals surface area contributed by atoms with Crippen molar-refractivity contribution in [1.29, 1.82) is 0 Å². The molecule has 0 aromatic heterocycles. The Morgan fingerprint density at radius 1 is 0.923 bits per heavy atom. The first kappa shape index (κ1) is 17.3. The lowest BCUT2D eigenvalue weighted by molar-refractivity contribution is 0.0979. The predicted molar refractivity (Wildman–Crippen MR) is 104 cm³/mol. The van der Waals surface area contributed by atoms with Gasteiger partial charge in [0.15, 0.2) is 11.6 Å². The molecular weight excluding hydrogens is 346 g/mol. The van der Waals surface area contributed by atoms with Gasteiger partial charge >= 0.3 is 0 Å². The molecule has 0 radical (unpaired) electrons. The smallest absolute Gasteiger partial charge is 0.198 e. The van der Waals surface area contributed by atoms with E-state index >= 15 is 0 Å². The van der Waals surface area contributed by atoms with Crippen LogP contribution in [0, 0.1) is 5.92 Å². The standard InChI is InChI=1S/C22H22ClNO2/c1-13(14-7-3-2-4-8-14)24-18-12-6-10-16-20(18)22(26)19-15(21(16)25)9-5-11-17(19)23/h5-6,9-14,24H,2-4,7-8H2,1H3. The van der Waals surface area contributed by atoms with Crippen molar-refractivity contribution in [2.24, 2.45) is 5.92 Å². The van der Waals surface area contributed by atoms with Gasteiger partial charge in [-0.1, -0.05) is 55.1 Å². The Labute approximate surface area is 158 Å². The number of nitrogens with one attached hydrogen (secondary N) is 1. The second-order valence-corrected chi connectivity index (χ2v) is 7.79. The molecule has 2 aliphatic rings. The first-order valence-electron chi connectivity index (χ1n) is 9.35. The second-order valence-electron chi connectivity index (χ2n) is 7.38. The molecule has 0 spiro atoms. The molecule has 0 saturated heterocycles. The van der Waals surface area contributed by atoms with Crippen LogP contribution in [0.25, 0.3) is 0 Å². The predicted octanol–water partition coefficient (Wildman–Crippen LogP) is 5.50. The van der Waals surface area contributed by atoms with E-state index in [-0.39, 0.29) is 17.6 Å². The summed E-state index contributed by atoms with van der Waals surface area (Å²) >= 11 is 6.26. The zero-order chi connectivity index (χ0) is 18.3. The Hall–Kier alpha value is -2.13. The first-order chi connectivity index (χ1) is 12.6. The van der Waals surface area contributed by atoms with Gasteiger partial charge in [-0.15, -0.1) is 0 Å². The summed E-state index contributed by atoms with van der Waals surface area (Å²) in [6, 6.07) is 10.8. The molecule has 1 N–H and O–H groups in total. The maximum absolute atomic E-state index is 13.2. The van der Waals surface area contributed by atoms with E-state index in [4.69, 9.17) is 11.6 Å². The summed E-state index contributed by atoms with van der Waals surface area (Å²) in [6.45, 7) is 2.17. The quantitative estimate of drug-likeness (QED) is 0.665. The number of hydrogen-bond donors (Lipinski definition) is 1. The number of carbonyl (C=O) groups excluding carboxylic acids is 2. The van der Waals surface area contributed by atoms with Gasteiger partial charge in [0.25, 0.3) is 0 Å². The van der Waals surface area contributed by atoms with Gasteiger partial charge in [-0.3, -0.25) is 9.59 Å². The van der Waals surface area contributed by atoms with Crippen molar-refractivity contribution in [3.8, 4) is 0 Å². The van der Waals surface area contributed by atoms with Gasteiger partial charge < -0.3 is 5.32 Å². The van der Waals surface area contributed by atoms with Crippen LogP contribution in [-0.2, 0) is 0 Å². The number of rotatable bonds is 3. The lowest BCUT2D eigenvalue weighted by Crippen LogP contribution is -2.30. The van der Waals surface area contributed by atoms with Crippen molar-refractivity contribution in [2.45, 2.75) is 45.1 Å². The normalized spacial score (nSPS) is 18.2. The lowest BCUT2D eigenvalue weighted by atomic mass is 9.82. The molecule has 1 atom stereocenters. The van der Waals surface area contributed by atoms with Crippen LogP contribution >= 0.6 is 11.6 Å². The van der Waals surface area contributed by atoms with Crippen LogP contribution in [0.5, 0.6) is 0 Å². The Bertz CT molecular complexity index is 884. The third kappa shape index (κ3) is 2.84. The summed E-state index contributed by atoms with van der Waals surface area (Å²) < 4.78 is 0. The highest BCUT2D eigenvalue weighted by Gasteiger charge is 2.33. The average molecular weight is 368 g/mol. The van der Waals surface area contributed by atoms with Crippen molar-refractivity contribution < 1.29 is 9.59 Å². The molecular formula is C22H22ClNO2. The summed E-state index contributed by atoms with van der Waals surface area (Å²) in [4.78, 5) is 26.1. The van der Waals surface area contributed by atoms with Gasteiger partial charge in [-0.05, 0) is 37.8 Å². The van der Waals surface area contributed by atoms with Gasteiger partial charge in [0, 0.05) is 22.9 Å². The van der Waals surface area contributed by atoms with E-state index < -0.39 is 0 Å². The van der Waals surface area contributed by atoms with Gasteiger partial charge in [0.1, 0.15) is 0 Å². The Balaban J connectivity index is 1.73. The van der Waals surface area contributed by atoms with Gasteiger partial charge in [0.05, 0.1) is 16.1 Å². The van der Waals surface area contributed by atoms with Crippen LogP contribution in [0.1, 0.15) is 70.9 Å². The summed E-state index contributed by atoms with van der Waals surface area (Å²) in [5, 5.41) is 3.86. The molecule has 0 aliphatic heterocycles. The summed E-state index contributed by atoms with van der Waals surface area (Å²) in [6.07, 6.45) is 6.27. The fraction of sp³-hybridized carbons (Fsp3) is 0.364. The lowest BCUT2D eigenvalue weighted by Gasteiger charge is -2.30. The minimum Gasteiger partial charge on any atom is -0.382 e. The van der Waals surface area contributed by atoms with E-state index in [1.807, 2.05) is 12.1 Å². The summed E-state index contributed by atoms with van der Waals surface area (Å²) in [5.41, 5.74) is 2.38. The number of anilines is 1. The van der Waals surface area contributed by atoms with Crippen LogP contribution < -0.4 is 5.32 Å². The van der Waals surface area contributed by atoms with Crippen molar-refractivity contribution in [1.82, 2.24) is 0 Å². The fourth-order valence-electron chi connectivity index (χ4n) is 4.32. The average Bonchev–Trinajstić information content (AvgIpc) is 2.66. The number of carbonyl (C=O) groups is 2. The second kappa shape index (κ2) is 6.88. The number of halogens is 1. The molecule has 2 aliphatic carbocycles. The van der Waals surface area contributed by atoms with Crippen LogP contribution in [0.2, 0.25) is 5.02 Å². The number of fused-ring (bicyclic) bond motifs is 2. The van der Waals surface area contributed by atoms with Gasteiger partial charge in [0.2, 0.25) is 0 Å². The van der Waals surface area contributed by atoms with Gasteiger partial charge in [-0.2, -0.15) is 0 Å². The molecule has 26 heavy (non-hydrogen) atoms. The molecule has 0 amide bonds. The number of hydrogen-bond acceptors (Lipinski definition) is 3. The molecule has 0 bridgehead atoms. The van der Waals surface area contributed by atoms with Crippen molar-refractivity contribution in [2.75, 3.05) is 5.32 Å². The van der Waals surface area contributed by atoms with Crippen LogP contribution in [0.15, 0.2) is 36.4 Å². The Kier molecular flexibility index (Phi) is 4.58. The molecule has 1 fully saturated rings. The Morgan fingerprint density at radius 3 is 2.31 bits per heavy atom. The summed E-state index contributed by atoms with van der Waals surface area (Å²) in [5.74, 6) is 0.301. The Morgan fingerprint density at radius 2 is 1.58 bits per heavy atom. The first-order valence-corrected chi connectivity index (χ1v) is 9.73. The van der Waals surface area contributed by atoms with Crippen LogP contribution in [-0.4, -0.2) is 17.6 Å². The molecule has 0 heterocycles. The highest BCUT2D eigenvalue weighted by Crippen LogP contribution is 2.36. The molecule has 2 aromatic rings. The number of benzene rings is 2. The van der Waals surface area contributed by atoms with Gasteiger partial charge in [-0.25, -0.2) is 0 Å². The van der Waals surface area contributed by atoms with Crippen molar-refractivity contribution in [3.63, 3.8) is 0 Å². The molecule has 4 heteroatoms. The highest BCUT2D eigenvalue weighted by molar-refractivity contribution is 6.39. The zero-order valence-corrected chi connectivity index (χ0v) is 15.6. The minimum absolute atomic E-state index is 0.133. The van der Waals surface area contributed by atoms with Crippen molar-refractivity contribution in [3.05, 3.63) is 63.7 Å². The highest BCUT2D eigenvalue weighted by atomic mass is 35.5. The fourth-order valence-corrected chi connectivity index (χ4v) is 4.58. The molecule has 134 valence electrons. The number of ketones is 2. The molecule has 3 nitrogen and oxygen atoms in total. The van der Waals surface area contributed by atoms with E-state index in [0.717, 1.165) is 5.69 Å². The minimum atomic E-state index is -0.167. The largest absolute Gasteiger partial charge is 0.382 e. The maximum Gasteiger partial charge on any atom is 0.198 e. The van der Waals surface area contributed by atoms with E-state index in [9.17, 15) is 9.59 Å².